The van der Waals surface area contributed by atoms with Crippen LogP contribution in [0.5, 0.6) is 17.4 Å². The van der Waals surface area contributed by atoms with Gasteiger partial charge in [0.05, 0.1) is 4.34 Å². The molecular formula is C16H10ClNO3S. The van der Waals surface area contributed by atoms with E-state index >= 15 is 0 Å². The van der Waals surface area contributed by atoms with E-state index in [9.17, 15) is 4.79 Å². The van der Waals surface area contributed by atoms with Gasteiger partial charge in [-0.05, 0) is 42.5 Å². The third-order valence-corrected chi connectivity index (χ3v) is 3.88. The average molecular weight is 332 g/mol. The Morgan fingerprint density at radius 3 is 2.41 bits per heavy atom. The fraction of sp³-hybridized carbons (Fsp3) is 0. The van der Waals surface area contributed by atoms with Crippen molar-refractivity contribution in [3.8, 4) is 17.4 Å². The summed E-state index contributed by atoms with van der Waals surface area (Å²) in [5, 5.41) is 0. The van der Waals surface area contributed by atoms with Crippen LogP contribution in [0.2, 0.25) is 4.34 Å². The van der Waals surface area contributed by atoms with Crippen LogP contribution in [0.4, 0.5) is 0 Å². The van der Waals surface area contributed by atoms with Crippen molar-refractivity contribution in [3.63, 3.8) is 0 Å². The number of esters is 1. The van der Waals surface area contributed by atoms with Gasteiger partial charge in [0.25, 0.3) is 0 Å². The SMILES string of the molecule is O=C(Oc1ccc(Oc2ccccn2)cc1)c1ccc(Cl)s1. The van der Waals surface area contributed by atoms with E-state index in [-0.39, 0.29) is 0 Å². The summed E-state index contributed by atoms with van der Waals surface area (Å²) in [6, 6.07) is 15.4. The van der Waals surface area contributed by atoms with Crippen molar-refractivity contribution in [3.05, 3.63) is 70.0 Å². The van der Waals surface area contributed by atoms with Gasteiger partial charge in [-0.3, -0.25) is 0 Å². The highest BCUT2D eigenvalue weighted by Crippen LogP contribution is 2.25. The molecule has 0 spiro atoms. The zero-order chi connectivity index (χ0) is 15.4. The fourth-order valence-electron chi connectivity index (χ4n) is 1.69. The molecular weight excluding hydrogens is 322 g/mol. The number of carbonyl (C=O) groups is 1. The number of benzene rings is 1. The average Bonchev–Trinajstić information content (AvgIpc) is 2.97. The van der Waals surface area contributed by atoms with Gasteiger partial charge in [-0.2, -0.15) is 0 Å². The molecule has 0 aliphatic rings. The smallest absolute Gasteiger partial charge is 0.353 e. The molecule has 6 heteroatoms. The first-order valence-electron chi connectivity index (χ1n) is 6.37. The van der Waals surface area contributed by atoms with E-state index in [0.29, 0.717) is 26.6 Å². The van der Waals surface area contributed by atoms with E-state index in [1.165, 1.54) is 11.3 Å². The van der Waals surface area contributed by atoms with Crippen LogP contribution in [-0.2, 0) is 0 Å². The molecule has 0 saturated carbocycles. The second-order valence-electron chi connectivity index (χ2n) is 4.23. The monoisotopic (exact) mass is 331 g/mol. The Morgan fingerprint density at radius 1 is 1.00 bits per heavy atom. The van der Waals surface area contributed by atoms with E-state index < -0.39 is 5.97 Å². The summed E-state index contributed by atoms with van der Waals surface area (Å²) in [6.07, 6.45) is 1.65. The Kier molecular flexibility index (Phi) is 4.37. The summed E-state index contributed by atoms with van der Waals surface area (Å²) in [5.74, 6) is 1.11. The van der Waals surface area contributed by atoms with Crippen LogP contribution in [0, 0.1) is 0 Å². The van der Waals surface area contributed by atoms with Crippen molar-refractivity contribution in [1.29, 1.82) is 0 Å². The van der Waals surface area contributed by atoms with Crippen molar-refractivity contribution >= 4 is 28.9 Å². The van der Waals surface area contributed by atoms with E-state index in [1.54, 1.807) is 48.7 Å². The highest BCUT2D eigenvalue weighted by molar-refractivity contribution is 7.17. The van der Waals surface area contributed by atoms with Gasteiger partial charge >= 0.3 is 5.97 Å². The first-order valence-corrected chi connectivity index (χ1v) is 7.56. The molecule has 0 radical (unpaired) electrons. The van der Waals surface area contributed by atoms with Gasteiger partial charge in [0.1, 0.15) is 16.4 Å². The minimum atomic E-state index is -0.435. The Labute approximate surface area is 135 Å². The largest absolute Gasteiger partial charge is 0.439 e. The van der Waals surface area contributed by atoms with Gasteiger partial charge < -0.3 is 9.47 Å². The Balaban J connectivity index is 1.65. The molecule has 0 saturated heterocycles. The molecule has 0 aliphatic carbocycles. The maximum Gasteiger partial charge on any atom is 0.353 e. The molecule has 110 valence electrons. The number of hydrogen-bond donors (Lipinski definition) is 0. The van der Waals surface area contributed by atoms with Gasteiger partial charge in [0, 0.05) is 12.3 Å². The van der Waals surface area contributed by atoms with E-state index in [1.807, 2.05) is 12.1 Å². The molecule has 0 unspecified atom stereocenters. The summed E-state index contributed by atoms with van der Waals surface area (Å²) in [4.78, 5) is 16.4. The summed E-state index contributed by atoms with van der Waals surface area (Å²) >= 11 is 6.97. The lowest BCUT2D eigenvalue weighted by Gasteiger charge is -2.06. The normalized spacial score (nSPS) is 10.2. The van der Waals surface area contributed by atoms with E-state index in [0.717, 1.165) is 0 Å². The quantitative estimate of drug-likeness (QED) is 0.508. The van der Waals surface area contributed by atoms with Crippen molar-refractivity contribution in [2.45, 2.75) is 0 Å². The topological polar surface area (TPSA) is 48.4 Å². The molecule has 3 rings (SSSR count). The van der Waals surface area contributed by atoms with Gasteiger partial charge in [-0.1, -0.05) is 17.7 Å². The predicted octanol–water partition coefficient (Wildman–Crippen LogP) is 4.81. The predicted molar refractivity (Wildman–Crippen MR) is 85.0 cm³/mol. The van der Waals surface area contributed by atoms with E-state index in [4.69, 9.17) is 21.1 Å². The van der Waals surface area contributed by atoms with Gasteiger partial charge in [-0.25, -0.2) is 9.78 Å². The van der Waals surface area contributed by atoms with Gasteiger partial charge in [0.15, 0.2) is 0 Å². The maximum atomic E-state index is 11.9. The number of hydrogen-bond acceptors (Lipinski definition) is 5. The number of carbonyl (C=O) groups excluding carboxylic acids is 1. The molecule has 3 aromatic rings. The number of halogens is 1. The Bertz CT molecular complexity index is 772. The minimum absolute atomic E-state index is 0.433. The van der Waals surface area contributed by atoms with Crippen molar-refractivity contribution in [2.75, 3.05) is 0 Å². The van der Waals surface area contributed by atoms with Gasteiger partial charge in [0.2, 0.25) is 5.88 Å². The van der Waals surface area contributed by atoms with Crippen LogP contribution in [-0.4, -0.2) is 11.0 Å². The first kappa shape index (κ1) is 14.6. The standard InChI is InChI=1S/C16H10ClNO3S/c17-14-9-8-13(22-14)16(19)21-12-6-4-11(5-7-12)20-15-3-1-2-10-18-15/h1-10H. The zero-order valence-corrected chi connectivity index (χ0v) is 12.8. The van der Waals surface area contributed by atoms with Crippen molar-refractivity contribution < 1.29 is 14.3 Å². The van der Waals surface area contributed by atoms with Crippen LogP contribution >= 0.6 is 22.9 Å². The fourth-order valence-corrected chi connectivity index (χ4v) is 2.60. The molecule has 2 heterocycles. The number of aromatic nitrogens is 1. The Hall–Kier alpha value is -2.37. The molecule has 0 fully saturated rings. The van der Waals surface area contributed by atoms with Crippen molar-refractivity contribution in [1.82, 2.24) is 4.98 Å². The van der Waals surface area contributed by atoms with E-state index in [2.05, 4.69) is 4.98 Å². The lowest BCUT2D eigenvalue weighted by Crippen LogP contribution is -2.06. The second kappa shape index (κ2) is 6.60. The molecule has 0 N–H and O–H groups in total. The van der Waals surface area contributed by atoms with Crippen molar-refractivity contribution in [2.24, 2.45) is 0 Å². The third-order valence-electron chi connectivity index (χ3n) is 2.67. The lowest BCUT2D eigenvalue weighted by atomic mass is 10.3. The highest BCUT2D eigenvalue weighted by Gasteiger charge is 2.11. The maximum absolute atomic E-state index is 11.9. The Morgan fingerprint density at radius 2 is 1.77 bits per heavy atom. The molecule has 22 heavy (non-hydrogen) atoms. The number of pyridine rings is 1. The zero-order valence-electron chi connectivity index (χ0n) is 11.2. The molecule has 0 atom stereocenters. The van der Waals surface area contributed by atoms with Gasteiger partial charge in [-0.15, -0.1) is 11.3 Å². The third kappa shape index (κ3) is 3.63. The summed E-state index contributed by atoms with van der Waals surface area (Å²) < 4.78 is 11.4. The molecule has 2 aromatic heterocycles. The van der Waals surface area contributed by atoms with Crippen LogP contribution in [0.15, 0.2) is 60.8 Å². The van der Waals surface area contributed by atoms with Crippen LogP contribution in [0.25, 0.3) is 0 Å². The molecule has 0 bridgehead atoms. The lowest BCUT2D eigenvalue weighted by molar-refractivity contribution is 0.0739. The number of rotatable bonds is 4. The molecule has 0 amide bonds. The number of thiophene rings is 1. The number of ether oxygens (including phenoxy) is 2. The molecule has 0 aliphatic heterocycles. The van der Waals surface area contributed by atoms with Crippen LogP contribution < -0.4 is 9.47 Å². The van der Waals surface area contributed by atoms with Crippen LogP contribution in [0.3, 0.4) is 0 Å². The summed E-state index contributed by atoms with van der Waals surface area (Å²) in [6.45, 7) is 0. The first-order chi connectivity index (χ1) is 10.7. The molecule has 4 nitrogen and oxygen atoms in total. The summed E-state index contributed by atoms with van der Waals surface area (Å²) in [5.41, 5.74) is 0. The van der Waals surface area contributed by atoms with Crippen LogP contribution in [0.1, 0.15) is 9.67 Å². The minimum Gasteiger partial charge on any atom is -0.439 e. The second-order valence-corrected chi connectivity index (χ2v) is 5.95. The number of nitrogens with zero attached hydrogens (tertiary/aromatic N) is 1. The molecule has 1 aromatic carbocycles. The highest BCUT2D eigenvalue weighted by atomic mass is 35.5. The summed E-state index contributed by atoms with van der Waals surface area (Å²) in [7, 11) is 0.